The van der Waals surface area contributed by atoms with Crippen molar-refractivity contribution in [2.75, 3.05) is 19.6 Å². The van der Waals surface area contributed by atoms with Crippen LogP contribution in [0.3, 0.4) is 0 Å². The van der Waals surface area contributed by atoms with Gasteiger partial charge in [0, 0.05) is 24.8 Å². The van der Waals surface area contributed by atoms with Crippen LogP contribution >= 0.6 is 0 Å². The van der Waals surface area contributed by atoms with Crippen LogP contribution in [0.1, 0.15) is 71.6 Å². The van der Waals surface area contributed by atoms with E-state index in [-0.39, 0.29) is 0 Å². The summed E-state index contributed by atoms with van der Waals surface area (Å²) in [4.78, 5) is 4.24. The van der Waals surface area contributed by atoms with Crippen LogP contribution in [0.5, 0.6) is 0 Å². The highest BCUT2D eigenvalue weighted by Crippen LogP contribution is 2.38. The molecule has 2 N–H and O–H groups in total. The minimum Gasteiger partial charge on any atom is -0.314 e. The lowest BCUT2D eigenvalue weighted by atomic mass is 9.95. The summed E-state index contributed by atoms with van der Waals surface area (Å²) < 4.78 is 0. The van der Waals surface area contributed by atoms with Gasteiger partial charge in [-0.15, -0.1) is 0 Å². The van der Waals surface area contributed by atoms with Gasteiger partial charge in [0.15, 0.2) is 0 Å². The van der Waals surface area contributed by atoms with E-state index in [4.69, 9.17) is 0 Å². The molecule has 148 valence electrons. The molecule has 2 saturated heterocycles. The molecule has 3 heterocycles. The Bertz CT molecular complexity index is 448. The Kier molecular flexibility index (Phi) is 6.36. The number of aliphatic imine (C=N–C) groups is 1. The molecule has 3 saturated carbocycles. The molecule has 0 spiro atoms. The van der Waals surface area contributed by atoms with Gasteiger partial charge in [0.25, 0.3) is 0 Å². The third kappa shape index (κ3) is 4.19. The Morgan fingerprint density at radius 2 is 1.23 bits per heavy atom. The summed E-state index contributed by atoms with van der Waals surface area (Å²) in [5.41, 5.74) is 0. The van der Waals surface area contributed by atoms with Crippen LogP contribution in [0.2, 0.25) is 0 Å². The normalized spacial score (nSPS) is 47.6. The molecule has 0 amide bonds. The molecular weight excluding hydrogens is 318 g/mol. The number of nitrogens with zero attached hydrogens (tertiary/aromatic N) is 1. The predicted octanol–water partition coefficient (Wildman–Crippen LogP) is 4.28. The second kappa shape index (κ2) is 8.73. The van der Waals surface area contributed by atoms with Crippen molar-refractivity contribution in [1.82, 2.24) is 10.6 Å². The van der Waals surface area contributed by atoms with Crippen molar-refractivity contribution >= 4 is 6.21 Å². The minimum atomic E-state index is 0.817. The van der Waals surface area contributed by atoms with Gasteiger partial charge in [-0.3, -0.25) is 4.99 Å². The molecule has 6 aliphatic rings. The quantitative estimate of drug-likeness (QED) is 0.677. The van der Waals surface area contributed by atoms with Gasteiger partial charge in [-0.25, -0.2) is 0 Å². The fourth-order valence-corrected chi connectivity index (χ4v) is 6.75. The van der Waals surface area contributed by atoms with E-state index in [0.717, 1.165) is 54.1 Å². The summed E-state index contributed by atoms with van der Waals surface area (Å²) in [6.07, 6.45) is 15.4. The zero-order chi connectivity index (χ0) is 17.9. The highest BCUT2D eigenvalue weighted by atomic mass is 15.0. The van der Waals surface area contributed by atoms with Crippen molar-refractivity contribution in [2.45, 2.75) is 83.7 Å². The SMILES string of the molecule is C1=NC[C@@H]2CCC[C@H]12.C[C@H]1NC[C@@H]2CCC[C@@H]21.C[C@H]1NC[C@@H]2CCC[C@@H]21. The van der Waals surface area contributed by atoms with Crippen molar-refractivity contribution in [3.63, 3.8) is 0 Å². The van der Waals surface area contributed by atoms with Gasteiger partial charge in [0.05, 0.1) is 0 Å². The van der Waals surface area contributed by atoms with Crippen LogP contribution in [0, 0.1) is 35.5 Å². The molecular formula is C23H41N3. The molecule has 5 fully saturated rings. The highest BCUT2D eigenvalue weighted by molar-refractivity contribution is 5.64. The van der Waals surface area contributed by atoms with Gasteiger partial charge in [-0.2, -0.15) is 0 Å². The molecule has 3 aliphatic heterocycles. The first-order valence-electron chi connectivity index (χ1n) is 11.7. The number of nitrogens with one attached hydrogen (secondary N) is 2. The molecule has 3 nitrogen and oxygen atoms in total. The maximum Gasteiger partial charge on any atom is 0.0419 e. The fraction of sp³-hybridized carbons (Fsp3) is 0.957. The van der Waals surface area contributed by atoms with Crippen LogP contribution < -0.4 is 10.6 Å². The van der Waals surface area contributed by atoms with Gasteiger partial charge in [0.2, 0.25) is 0 Å². The minimum absolute atomic E-state index is 0.817. The Hall–Kier alpha value is -0.410. The number of hydrogen-bond acceptors (Lipinski definition) is 3. The lowest BCUT2D eigenvalue weighted by molar-refractivity contribution is 0.432. The topological polar surface area (TPSA) is 36.4 Å². The fourth-order valence-electron chi connectivity index (χ4n) is 6.75. The monoisotopic (exact) mass is 359 g/mol. The van der Waals surface area contributed by atoms with Gasteiger partial charge >= 0.3 is 0 Å². The number of fused-ring (bicyclic) bond motifs is 3. The van der Waals surface area contributed by atoms with Crippen LogP contribution in [-0.4, -0.2) is 37.9 Å². The Balaban J connectivity index is 0.0000000972. The highest BCUT2D eigenvalue weighted by Gasteiger charge is 2.36. The van der Waals surface area contributed by atoms with E-state index >= 15 is 0 Å². The van der Waals surface area contributed by atoms with E-state index in [1.54, 1.807) is 0 Å². The molecule has 8 atom stereocenters. The summed E-state index contributed by atoms with van der Waals surface area (Å²) >= 11 is 0. The van der Waals surface area contributed by atoms with E-state index in [1.807, 2.05) is 0 Å². The molecule has 3 aliphatic carbocycles. The molecule has 0 unspecified atom stereocenters. The lowest BCUT2D eigenvalue weighted by Gasteiger charge is -2.11. The zero-order valence-electron chi connectivity index (χ0n) is 17.1. The average molecular weight is 360 g/mol. The van der Waals surface area contributed by atoms with Gasteiger partial charge in [-0.1, -0.05) is 19.3 Å². The van der Waals surface area contributed by atoms with Crippen LogP contribution in [0.15, 0.2) is 4.99 Å². The van der Waals surface area contributed by atoms with E-state index in [1.165, 1.54) is 70.9 Å². The van der Waals surface area contributed by atoms with Gasteiger partial charge < -0.3 is 10.6 Å². The standard InChI is InChI=1S/2C8H15N.C7H11N/c2*1-6-8-4-2-3-7(8)5-9-6;1-2-6-4-8-5-7(6)3-1/h2*6-9H,2-5H2,1H3;4,6-7H,1-3,5H2/t2*6-,7+,8-;6-,7+/m111/s1. The first-order chi connectivity index (χ1) is 12.7. The van der Waals surface area contributed by atoms with E-state index in [2.05, 4.69) is 35.7 Å². The summed E-state index contributed by atoms with van der Waals surface area (Å²) in [6.45, 7) is 8.38. The molecule has 0 aromatic carbocycles. The largest absolute Gasteiger partial charge is 0.314 e. The van der Waals surface area contributed by atoms with Gasteiger partial charge in [0.1, 0.15) is 0 Å². The molecule has 6 rings (SSSR count). The maximum atomic E-state index is 4.24. The van der Waals surface area contributed by atoms with Crippen LogP contribution in [-0.2, 0) is 0 Å². The first kappa shape index (κ1) is 18.9. The van der Waals surface area contributed by atoms with Crippen molar-refractivity contribution in [1.29, 1.82) is 0 Å². The second-order valence-corrected chi connectivity index (χ2v) is 9.97. The Labute approximate surface area is 161 Å². The van der Waals surface area contributed by atoms with E-state index in [0.29, 0.717) is 0 Å². The Morgan fingerprint density at radius 3 is 1.77 bits per heavy atom. The van der Waals surface area contributed by atoms with Crippen molar-refractivity contribution in [2.24, 2.45) is 40.5 Å². The molecule has 0 aromatic rings. The average Bonchev–Trinajstić information content (AvgIpc) is 3.42. The van der Waals surface area contributed by atoms with E-state index in [9.17, 15) is 0 Å². The second-order valence-electron chi connectivity index (χ2n) is 9.97. The summed E-state index contributed by atoms with van der Waals surface area (Å²) in [6, 6.07) is 1.63. The predicted molar refractivity (Wildman–Crippen MR) is 111 cm³/mol. The van der Waals surface area contributed by atoms with Crippen molar-refractivity contribution in [3.05, 3.63) is 0 Å². The van der Waals surface area contributed by atoms with Crippen molar-refractivity contribution < 1.29 is 0 Å². The third-order valence-corrected chi connectivity index (χ3v) is 8.48. The summed E-state index contributed by atoms with van der Waals surface area (Å²) in [5, 5.41) is 7.04. The number of rotatable bonds is 0. The number of hydrogen-bond donors (Lipinski definition) is 2. The van der Waals surface area contributed by atoms with Crippen LogP contribution in [0.25, 0.3) is 0 Å². The smallest absolute Gasteiger partial charge is 0.0419 e. The first-order valence-corrected chi connectivity index (χ1v) is 11.7. The summed E-state index contributed by atoms with van der Waals surface area (Å²) in [7, 11) is 0. The molecule has 26 heavy (non-hydrogen) atoms. The van der Waals surface area contributed by atoms with Gasteiger partial charge in [-0.05, 0) is 101 Å². The molecule has 0 aromatic heterocycles. The zero-order valence-corrected chi connectivity index (χ0v) is 17.1. The molecule has 0 radical (unpaired) electrons. The molecule has 0 bridgehead atoms. The maximum absolute atomic E-state index is 4.24. The van der Waals surface area contributed by atoms with E-state index < -0.39 is 0 Å². The van der Waals surface area contributed by atoms with Crippen molar-refractivity contribution in [3.8, 4) is 0 Å². The Morgan fingerprint density at radius 1 is 0.692 bits per heavy atom. The summed E-state index contributed by atoms with van der Waals surface area (Å²) in [5.74, 6) is 5.99. The van der Waals surface area contributed by atoms with Crippen LogP contribution in [0.4, 0.5) is 0 Å². The molecule has 3 heteroatoms. The third-order valence-electron chi connectivity index (χ3n) is 8.48. The lowest BCUT2D eigenvalue weighted by Crippen LogP contribution is -2.22.